The van der Waals surface area contributed by atoms with Crippen LogP contribution in [0.4, 0.5) is 0 Å². The van der Waals surface area contributed by atoms with Crippen LogP contribution in [0.15, 0.2) is 24.3 Å². The summed E-state index contributed by atoms with van der Waals surface area (Å²) in [7, 11) is 0. The fraction of sp³-hybridized carbons (Fsp3) is 0.562. The number of carbonyl (C=O) groups is 1. The minimum atomic E-state index is -0.0606. The molecule has 2 N–H and O–H groups in total. The molecule has 1 heterocycles. The standard InChI is InChI=1S/C16H25N3O/c1-3-13-5-7-14(8-6-13)12-19-10-9-17-11-15(19)16(20)18-4-2/h5-8,15,17H,3-4,9-12H2,1-2H3,(H,18,20). The lowest BCUT2D eigenvalue weighted by atomic mass is 10.1. The Morgan fingerprint density at radius 1 is 1.30 bits per heavy atom. The molecule has 1 atom stereocenters. The van der Waals surface area contributed by atoms with Crippen molar-refractivity contribution in [3.63, 3.8) is 0 Å². The summed E-state index contributed by atoms with van der Waals surface area (Å²) < 4.78 is 0. The van der Waals surface area contributed by atoms with Gasteiger partial charge < -0.3 is 10.6 Å². The van der Waals surface area contributed by atoms with Crippen LogP contribution in [0.1, 0.15) is 25.0 Å². The SMILES string of the molecule is CCNC(=O)C1CNCCN1Cc1ccc(CC)cc1. The van der Waals surface area contributed by atoms with Crippen LogP contribution >= 0.6 is 0 Å². The molecule has 1 aromatic carbocycles. The van der Waals surface area contributed by atoms with Crippen molar-refractivity contribution in [1.82, 2.24) is 15.5 Å². The number of likely N-dealkylation sites (N-methyl/N-ethyl adjacent to an activating group) is 1. The first-order valence-corrected chi connectivity index (χ1v) is 7.55. The summed E-state index contributed by atoms with van der Waals surface area (Å²) in [5, 5.41) is 6.23. The lowest BCUT2D eigenvalue weighted by Crippen LogP contribution is -2.57. The van der Waals surface area contributed by atoms with E-state index in [0.29, 0.717) is 6.54 Å². The molecule has 0 radical (unpaired) electrons. The van der Waals surface area contributed by atoms with E-state index in [1.807, 2.05) is 6.92 Å². The van der Waals surface area contributed by atoms with Crippen LogP contribution in [0.3, 0.4) is 0 Å². The van der Waals surface area contributed by atoms with Gasteiger partial charge in [-0.1, -0.05) is 31.2 Å². The lowest BCUT2D eigenvalue weighted by Gasteiger charge is -2.35. The molecule has 1 fully saturated rings. The van der Waals surface area contributed by atoms with E-state index >= 15 is 0 Å². The predicted octanol–water partition coefficient (Wildman–Crippen LogP) is 1.16. The Balaban J connectivity index is 2.02. The van der Waals surface area contributed by atoms with E-state index in [0.717, 1.165) is 32.6 Å². The number of nitrogens with zero attached hydrogens (tertiary/aromatic N) is 1. The maximum Gasteiger partial charge on any atom is 0.238 e. The average molecular weight is 275 g/mol. The second-order valence-electron chi connectivity index (χ2n) is 5.26. The van der Waals surface area contributed by atoms with Gasteiger partial charge in [0.15, 0.2) is 0 Å². The Kier molecular flexibility index (Phi) is 5.56. The van der Waals surface area contributed by atoms with Gasteiger partial charge >= 0.3 is 0 Å². The molecular weight excluding hydrogens is 250 g/mol. The molecule has 1 unspecified atom stereocenters. The highest BCUT2D eigenvalue weighted by Crippen LogP contribution is 2.12. The highest BCUT2D eigenvalue weighted by Gasteiger charge is 2.27. The first-order valence-electron chi connectivity index (χ1n) is 7.55. The van der Waals surface area contributed by atoms with Gasteiger partial charge in [0.2, 0.25) is 5.91 Å². The van der Waals surface area contributed by atoms with E-state index in [1.165, 1.54) is 11.1 Å². The molecule has 0 bridgehead atoms. The normalized spacial score (nSPS) is 19.8. The van der Waals surface area contributed by atoms with Crippen LogP contribution in [0, 0.1) is 0 Å². The number of nitrogens with one attached hydrogen (secondary N) is 2. The zero-order valence-corrected chi connectivity index (χ0v) is 12.5. The van der Waals surface area contributed by atoms with Gasteiger partial charge in [0.25, 0.3) is 0 Å². The topological polar surface area (TPSA) is 44.4 Å². The number of rotatable bonds is 5. The van der Waals surface area contributed by atoms with Gasteiger partial charge in [-0.05, 0) is 24.5 Å². The van der Waals surface area contributed by atoms with Crippen LogP contribution in [0.25, 0.3) is 0 Å². The number of hydrogen-bond acceptors (Lipinski definition) is 3. The molecule has 4 heteroatoms. The largest absolute Gasteiger partial charge is 0.355 e. The summed E-state index contributed by atoms with van der Waals surface area (Å²) in [6.07, 6.45) is 1.06. The minimum absolute atomic E-state index is 0.0606. The molecule has 0 aromatic heterocycles. The molecule has 0 spiro atoms. The summed E-state index contributed by atoms with van der Waals surface area (Å²) in [6.45, 7) is 8.25. The first kappa shape index (κ1) is 15.0. The molecule has 1 saturated heterocycles. The van der Waals surface area contributed by atoms with Gasteiger partial charge in [-0.2, -0.15) is 0 Å². The molecule has 1 aromatic rings. The summed E-state index contributed by atoms with van der Waals surface area (Å²) in [4.78, 5) is 14.4. The highest BCUT2D eigenvalue weighted by atomic mass is 16.2. The van der Waals surface area contributed by atoms with Gasteiger partial charge in [-0.15, -0.1) is 0 Å². The Morgan fingerprint density at radius 3 is 2.65 bits per heavy atom. The quantitative estimate of drug-likeness (QED) is 0.847. The first-order chi connectivity index (χ1) is 9.74. The number of carbonyl (C=O) groups excluding carboxylic acids is 1. The third-order valence-corrected chi connectivity index (χ3v) is 3.82. The third kappa shape index (κ3) is 3.81. The third-order valence-electron chi connectivity index (χ3n) is 3.82. The number of aryl methyl sites for hydroxylation is 1. The summed E-state index contributed by atoms with van der Waals surface area (Å²) in [5.41, 5.74) is 2.63. The van der Waals surface area contributed by atoms with Crippen molar-refractivity contribution in [2.75, 3.05) is 26.2 Å². The fourth-order valence-electron chi connectivity index (χ4n) is 2.60. The van der Waals surface area contributed by atoms with Crippen molar-refractivity contribution in [3.8, 4) is 0 Å². The van der Waals surface area contributed by atoms with Crippen molar-refractivity contribution in [2.45, 2.75) is 32.9 Å². The van der Waals surface area contributed by atoms with E-state index in [4.69, 9.17) is 0 Å². The fourth-order valence-corrected chi connectivity index (χ4v) is 2.60. The van der Waals surface area contributed by atoms with Gasteiger partial charge in [-0.3, -0.25) is 9.69 Å². The van der Waals surface area contributed by atoms with Crippen LogP contribution in [-0.4, -0.2) is 43.0 Å². The van der Waals surface area contributed by atoms with Gasteiger partial charge in [0.1, 0.15) is 6.04 Å². The monoisotopic (exact) mass is 275 g/mol. The summed E-state index contributed by atoms with van der Waals surface area (Å²) in [6, 6.07) is 8.65. The molecule has 1 aliphatic heterocycles. The van der Waals surface area contributed by atoms with E-state index in [-0.39, 0.29) is 11.9 Å². The Morgan fingerprint density at radius 2 is 2.00 bits per heavy atom. The summed E-state index contributed by atoms with van der Waals surface area (Å²) in [5.74, 6) is 0.130. The van der Waals surface area contributed by atoms with E-state index < -0.39 is 0 Å². The number of piperazine rings is 1. The molecule has 110 valence electrons. The average Bonchev–Trinajstić information content (AvgIpc) is 2.49. The van der Waals surface area contributed by atoms with Gasteiger partial charge in [0, 0.05) is 32.7 Å². The van der Waals surface area contributed by atoms with E-state index in [9.17, 15) is 4.79 Å². The number of hydrogen-bond donors (Lipinski definition) is 2. The van der Waals surface area contributed by atoms with Crippen LogP contribution < -0.4 is 10.6 Å². The molecule has 20 heavy (non-hydrogen) atoms. The van der Waals surface area contributed by atoms with Gasteiger partial charge in [-0.25, -0.2) is 0 Å². The maximum absolute atomic E-state index is 12.1. The van der Waals surface area contributed by atoms with Crippen LogP contribution in [0.5, 0.6) is 0 Å². The minimum Gasteiger partial charge on any atom is -0.355 e. The molecular formula is C16H25N3O. The Bertz CT molecular complexity index is 430. The van der Waals surface area contributed by atoms with Crippen LogP contribution in [-0.2, 0) is 17.8 Å². The van der Waals surface area contributed by atoms with Gasteiger partial charge in [0.05, 0.1) is 0 Å². The molecule has 4 nitrogen and oxygen atoms in total. The maximum atomic E-state index is 12.1. The van der Waals surface area contributed by atoms with Crippen molar-refractivity contribution >= 4 is 5.91 Å². The Hall–Kier alpha value is -1.39. The molecule has 1 aliphatic rings. The van der Waals surface area contributed by atoms with E-state index in [1.54, 1.807) is 0 Å². The predicted molar refractivity (Wildman–Crippen MR) is 81.6 cm³/mol. The van der Waals surface area contributed by atoms with E-state index in [2.05, 4.69) is 46.7 Å². The lowest BCUT2D eigenvalue weighted by molar-refractivity contribution is -0.127. The second kappa shape index (κ2) is 7.41. The highest BCUT2D eigenvalue weighted by molar-refractivity contribution is 5.82. The van der Waals surface area contributed by atoms with Crippen molar-refractivity contribution in [1.29, 1.82) is 0 Å². The molecule has 0 aliphatic carbocycles. The molecule has 0 saturated carbocycles. The smallest absolute Gasteiger partial charge is 0.238 e. The zero-order valence-electron chi connectivity index (χ0n) is 12.5. The van der Waals surface area contributed by atoms with Crippen LogP contribution in [0.2, 0.25) is 0 Å². The van der Waals surface area contributed by atoms with Crippen molar-refractivity contribution < 1.29 is 4.79 Å². The molecule has 1 amide bonds. The molecule has 2 rings (SSSR count). The number of benzene rings is 1. The Labute approximate surface area is 121 Å². The van der Waals surface area contributed by atoms with Crippen molar-refractivity contribution in [3.05, 3.63) is 35.4 Å². The number of amides is 1. The van der Waals surface area contributed by atoms with Crippen molar-refractivity contribution in [2.24, 2.45) is 0 Å². The zero-order chi connectivity index (χ0) is 14.4. The second-order valence-corrected chi connectivity index (χ2v) is 5.26. The summed E-state index contributed by atoms with van der Waals surface area (Å²) >= 11 is 0.